The van der Waals surface area contributed by atoms with Gasteiger partial charge >= 0.3 is 0 Å². The molecule has 19 heavy (non-hydrogen) atoms. The highest BCUT2D eigenvalue weighted by molar-refractivity contribution is 6.30. The predicted molar refractivity (Wildman–Crippen MR) is 76.4 cm³/mol. The number of halogens is 2. The van der Waals surface area contributed by atoms with Crippen molar-refractivity contribution in [3.63, 3.8) is 0 Å². The van der Waals surface area contributed by atoms with Gasteiger partial charge in [0.25, 0.3) is 0 Å². The first-order valence-electron chi connectivity index (χ1n) is 6.08. The third-order valence-corrected chi connectivity index (χ3v) is 3.51. The molecule has 0 aliphatic heterocycles. The Bertz CT molecular complexity index is 572. The van der Waals surface area contributed by atoms with Crippen LogP contribution in [0.15, 0.2) is 42.5 Å². The number of rotatable bonds is 4. The minimum Gasteiger partial charge on any atom is -0.271 e. The van der Waals surface area contributed by atoms with Gasteiger partial charge in [-0.2, -0.15) is 0 Å². The first-order valence-corrected chi connectivity index (χ1v) is 6.46. The predicted octanol–water partition coefficient (Wildman–Crippen LogP) is 3.53. The van der Waals surface area contributed by atoms with Crippen molar-refractivity contribution in [2.45, 2.75) is 19.4 Å². The third kappa shape index (κ3) is 3.13. The second-order valence-electron chi connectivity index (χ2n) is 4.49. The number of aryl methyl sites for hydroxylation is 1. The summed E-state index contributed by atoms with van der Waals surface area (Å²) in [6.45, 7) is 2.01. The highest BCUT2D eigenvalue weighted by atomic mass is 35.5. The van der Waals surface area contributed by atoms with Gasteiger partial charge in [-0.05, 0) is 36.1 Å². The van der Waals surface area contributed by atoms with Gasteiger partial charge in [0.15, 0.2) is 0 Å². The molecular formula is C15H16ClFN2. The topological polar surface area (TPSA) is 38.0 Å². The molecule has 0 saturated carbocycles. The van der Waals surface area contributed by atoms with Gasteiger partial charge in [0.1, 0.15) is 5.82 Å². The zero-order chi connectivity index (χ0) is 13.8. The number of hydrogen-bond donors (Lipinski definition) is 2. The van der Waals surface area contributed by atoms with Crippen LogP contribution in [0.3, 0.4) is 0 Å². The molecule has 2 nitrogen and oxygen atoms in total. The van der Waals surface area contributed by atoms with E-state index in [0.717, 1.165) is 11.1 Å². The van der Waals surface area contributed by atoms with Crippen LogP contribution in [0.1, 0.15) is 22.7 Å². The van der Waals surface area contributed by atoms with Crippen molar-refractivity contribution in [2.75, 3.05) is 0 Å². The summed E-state index contributed by atoms with van der Waals surface area (Å²) in [5, 5.41) is 0.137. The molecule has 2 aromatic carbocycles. The van der Waals surface area contributed by atoms with E-state index in [1.54, 1.807) is 18.2 Å². The zero-order valence-electron chi connectivity index (χ0n) is 10.7. The normalized spacial score (nSPS) is 12.4. The van der Waals surface area contributed by atoms with Gasteiger partial charge in [-0.15, -0.1) is 0 Å². The maximum atomic E-state index is 13.9. The van der Waals surface area contributed by atoms with Crippen LogP contribution in [0, 0.1) is 12.7 Å². The molecule has 0 fully saturated rings. The monoisotopic (exact) mass is 278 g/mol. The van der Waals surface area contributed by atoms with Crippen LogP contribution in [0.2, 0.25) is 5.02 Å². The Kier molecular flexibility index (Phi) is 4.53. The summed E-state index contributed by atoms with van der Waals surface area (Å²) in [5.74, 6) is 5.23. The Labute approximate surface area is 117 Å². The largest absolute Gasteiger partial charge is 0.271 e. The van der Waals surface area contributed by atoms with Gasteiger partial charge < -0.3 is 0 Å². The smallest absolute Gasteiger partial charge is 0.145 e. The van der Waals surface area contributed by atoms with Crippen LogP contribution in [-0.2, 0) is 6.42 Å². The quantitative estimate of drug-likeness (QED) is 0.663. The Balaban J connectivity index is 2.30. The lowest BCUT2D eigenvalue weighted by molar-refractivity contribution is 0.527. The average Bonchev–Trinajstić information content (AvgIpc) is 2.41. The van der Waals surface area contributed by atoms with E-state index < -0.39 is 0 Å². The van der Waals surface area contributed by atoms with Crippen molar-refractivity contribution >= 4 is 11.6 Å². The molecule has 0 aliphatic rings. The Morgan fingerprint density at radius 2 is 1.95 bits per heavy atom. The molecule has 0 heterocycles. The molecule has 2 rings (SSSR count). The summed E-state index contributed by atoms with van der Waals surface area (Å²) in [5.41, 5.74) is 5.48. The summed E-state index contributed by atoms with van der Waals surface area (Å²) in [6, 6.07) is 12.8. The molecule has 1 atom stereocenters. The van der Waals surface area contributed by atoms with E-state index in [2.05, 4.69) is 5.43 Å². The van der Waals surface area contributed by atoms with Crippen molar-refractivity contribution < 1.29 is 4.39 Å². The second-order valence-corrected chi connectivity index (χ2v) is 4.90. The molecule has 2 aromatic rings. The highest BCUT2D eigenvalue weighted by Crippen LogP contribution is 2.25. The summed E-state index contributed by atoms with van der Waals surface area (Å²) in [6.07, 6.45) is 0.452. The van der Waals surface area contributed by atoms with Crippen LogP contribution >= 0.6 is 11.6 Å². The molecule has 0 amide bonds. The summed E-state index contributed by atoms with van der Waals surface area (Å²) < 4.78 is 13.9. The van der Waals surface area contributed by atoms with E-state index in [-0.39, 0.29) is 16.9 Å². The molecule has 0 bridgehead atoms. The molecule has 0 spiro atoms. The standard InChI is InChI=1S/C15H16ClFN2/c1-10-5-2-3-7-12(10)14(19-18)9-11-6-4-8-13(16)15(11)17/h2-8,14,19H,9,18H2,1H3. The minimum absolute atomic E-state index is 0.137. The van der Waals surface area contributed by atoms with E-state index in [4.69, 9.17) is 17.4 Å². The van der Waals surface area contributed by atoms with Gasteiger partial charge in [0.05, 0.1) is 11.1 Å². The van der Waals surface area contributed by atoms with E-state index in [1.807, 2.05) is 31.2 Å². The molecule has 3 N–H and O–H groups in total. The lowest BCUT2D eigenvalue weighted by Crippen LogP contribution is -2.30. The van der Waals surface area contributed by atoms with Gasteiger partial charge in [-0.3, -0.25) is 11.3 Å². The Hall–Kier alpha value is -1.42. The lowest BCUT2D eigenvalue weighted by Gasteiger charge is -2.19. The zero-order valence-corrected chi connectivity index (χ0v) is 11.4. The molecule has 4 heteroatoms. The number of hydrazine groups is 1. The number of nitrogens with one attached hydrogen (secondary N) is 1. The number of benzene rings is 2. The van der Waals surface area contributed by atoms with Crippen molar-refractivity contribution in [1.82, 2.24) is 5.43 Å². The Morgan fingerprint density at radius 3 is 2.63 bits per heavy atom. The summed E-state index contributed by atoms with van der Waals surface area (Å²) >= 11 is 5.79. The molecule has 1 unspecified atom stereocenters. The number of nitrogens with two attached hydrogens (primary N) is 1. The van der Waals surface area contributed by atoms with Crippen LogP contribution in [-0.4, -0.2) is 0 Å². The maximum Gasteiger partial charge on any atom is 0.145 e. The van der Waals surface area contributed by atoms with Gasteiger partial charge in [0, 0.05) is 0 Å². The first kappa shape index (κ1) is 14.0. The second kappa shape index (κ2) is 6.15. The maximum absolute atomic E-state index is 13.9. The SMILES string of the molecule is Cc1ccccc1C(Cc1cccc(Cl)c1F)NN. The van der Waals surface area contributed by atoms with Crippen molar-refractivity contribution in [3.8, 4) is 0 Å². The van der Waals surface area contributed by atoms with E-state index in [0.29, 0.717) is 12.0 Å². The minimum atomic E-state index is -0.377. The van der Waals surface area contributed by atoms with E-state index in [1.165, 1.54) is 0 Å². The fourth-order valence-electron chi connectivity index (χ4n) is 2.16. The van der Waals surface area contributed by atoms with Gasteiger partial charge in [-0.25, -0.2) is 4.39 Å². The summed E-state index contributed by atoms with van der Waals surface area (Å²) in [7, 11) is 0. The molecular weight excluding hydrogens is 263 g/mol. The lowest BCUT2D eigenvalue weighted by atomic mass is 9.95. The van der Waals surface area contributed by atoms with Crippen molar-refractivity contribution in [3.05, 3.63) is 70.0 Å². The highest BCUT2D eigenvalue weighted by Gasteiger charge is 2.15. The van der Waals surface area contributed by atoms with Crippen LogP contribution < -0.4 is 11.3 Å². The first-order chi connectivity index (χ1) is 9.13. The van der Waals surface area contributed by atoms with Gasteiger partial charge in [-0.1, -0.05) is 48.0 Å². The molecule has 0 aromatic heterocycles. The molecule has 0 saturated heterocycles. The Morgan fingerprint density at radius 1 is 1.21 bits per heavy atom. The van der Waals surface area contributed by atoms with Crippen LogP contribution in [0.5, 0.6) is 0 Å². The van der Waals surface area contributed by atoms with E-state index in [9.17, 15) is 4.39 Å². The molecule has 0 radical (unpaired) electrons. The fraction of sp³-hybridized carbons (Fsp3) is 0.200. The summed E-state index contributed by atoms with van der Waals surface area (Å²) in [4.78, 5) is 0. The van der Waals surface area contributed by atoms with Crippen LogP contribution in [0.4, 0.5) is 4.39 Å². The van der Waals surface area contributed by atoms with Gasteiger partial charge in [0.2, 0.25) is 0 Å². The molecule has 100 valence electrons. The average molecular weight is 279 g/mol. The fourth-order valence-corrected chi connectivity index (χ4v) is 2.36. The van der Waals surface area contributed by atoms with E-state index >= 15 is 0 Å². The number of hydrogen-bond acceptors (Lipinski definition) is 2. The van der Waals surface area contributed by atoms with Crippen molar-refractivity contribution in [2.24, 2.45) is 5.84 Å². The third-order valence-electron chi connectivity index (χ3n) is 3.22. The van der Waals surface area contributed by atoms with Crippen LogP contribution in [0.25, 0.3) is 0 Å². The molecule has 0 aliphatic carbocycles. The van der Waals surface area contributed by atoms with Crippen molar-refractivity contribution in [1.29, 1.82) is 0 Å².